The molecule has 1 fully saturated rings. The largest absolute Gasteiger partial charge is 0.388 e. The highest BCUT2D eigenvalue weighted by Gasteiger charge is 2.33. The Labute approximate surface area is 166 Å². The van der Waals surface area contributed by atoms with Crippen LogP contribution in [0.3, 0.4) is 0 Å². The number of hydrogen-bond acceptors (Lipinski definition) is 2. The predicted molar refractivity (Wildman–Crippen MR) is 110 cm³/mol. The van der Waals surface area contributed by atoms with E-state index in [0.29, 0.717) is 18.0 Å². The molecule has 1 aromatic carbocycles. The molecule has 3 nitrogen and oxygen atoms in total. The molecule has 21 heavy (non-hydrogen) atoms. The number of nitrogens with one attached hydrogen (secondary N) is 1. The van der Waals surface area contributed by atoms with Crippen molar-refractivity contribution in [2.75, 3.05) is 6.54 Å². The lowest BCUT2D eigenvalue weighted by atomic mass is 9.79. The number of benzene rings is 1. The number of carbonyl (C=O) groups excluding carboxylic acids is 1. The fraction of sp³-hybridized carbons (Fsp3) is 0.533. The Balaban J connectivity index is 2.05. The lowest BCUT2D eigenvalue weighted by molar-refractivity contribution is -0.0109. The normalized spacial score (nSPS) is 25.7. The first-order valence-corrected chi connectivity index (χ1v) is 10.2. The summed E-state index contributed by atoms with van der Waals surface area (Å²) in [6.07, 6.45) is 3.75. The van der Waals surface area contributed by atoms with E-state index in [-0.39, 0.29) is 5.91 Å². The quantitative estimate of drug-likeness (QED) is 0.392. The second-order valence-corrected chi connectivity index (χ2v) is 9.34. The van der Waals surface area contributed by atoms with Crippen LogP contribution in [0.25, 0.3) is 0 Å². The van der Waals surface area contributed by atoms with Crippen molar-refractivity contribution in [2.24, 2.45) is 5.92 Å². The van der Waals surface area contributed by atoms with Crippen LogP contribution in [-0.2, 0) is 0 Å². The molecular formula is C15H18I3NO2. The summed E-state index contributed by atoms with van der Waals surface area (Å²) < 4.78 is 3.10. The van der Waals surface area contributed by atoms with E-state index in [4.69, 9.17) is 0 Å². The zero-order valence-corrected chi connectivity index (χ0v) is 18.2. The lowest BCUT2D eigenvalue weighted by Gasteiger charge is -2.35. The van der Waals surface area contributed by atoms with Crippen molar-refractivity contribution in [3.05, 3.63) is 28.4 Å². The summed E-state index contributed by atoms with van der Waals surface area (Å²) in [6, 6.07) is 3.95. The van der Waals surface area contributed by atoms with Gasteiger partial charge in [0.1, 0.15) is 0 Å². The molecular weight excluding hydrogens is 607 g/mol. The van der Waals surface area contributed by atoms with E-state index in [1.165, 1.54) is 6.42 Å². The third-order valence-corrected chi connectivity index (χ3v) is 7.55. The summed E-state index contributed by atoms with van der Waals surface area (Å²) in [5, 5.41) is 13.5. The zero-order valence-electron chi connectivity index (χ0n) is 11.8. The number of hydrogen-bond donors (Lipinski definition) is 2. The highest BCUT2D eigenvalue weighted by Crippen LogP contribution is 2.31. The highest BCUT2D eigenvalue weighted by atomic mass is 127. The fourth-order valence-corrected chi connectivity index (χ4v) is 5.26. The Kier molecular flexibility index (Phi) is 6.59. The molecule has 1 aliphatic carbocycles. The van der Waals surface area contributed by atoms with Gasteiger partial charge in [0.05, 0.1) is 11.2 Å². The molecule has 0 saturated heterocycles. The van der Waals surface area contributed by atoms with Crippen LogP contribution in [0, 0.1) is 16.6 Å². The third-order valence-electron chi connectivity index (χ3n) is 3.88. The van der Waals surface area contributed by atoms with Gasteiger partial charge in [0.2, 0.25) is 0 Å². The Bertz CT molecular complexity index is 550. The topological polar surface area (TPSA) is 49.3 Å². The van der Waals surface area contributed by atoms with Crippen LogP contribution in [0.4, 0.5) is 0 Å². The number of aliphatic hydroxyl groups is 1. The van der Waals surface area contributed by atoms with Crippen LogP contribution < -0.4 is 5.32 Å². The second-order valence-electron chi connectivity index (χ2n) is 5.86. The first-order chi connectivity index (χ1) is 9.81. The van der Waals surface area contributed by atoms with Gasteiger partial charge < -0.3 is 10.4 Å². The molecule has 0 aliphatic heterocycles. The molecule has 2 rings (SSSR count). The van der Waals surface area contributed by atoms with Gasteiger partial charge in [0.15, 0.2) is 0 Å². The van der Waals surface area contributed by atoms with Gasteiger partial charge in [-0.2, -0.15) is 0 Å². The van der Waals surface area contributed by atoms with E-state index in [0.717, 1.165) is 30.0 Å². The van der Waals surface area contributed by atoms with Gasteiger partial charge in [-0.1, -0.05) is 19.8 Å². The molecule has 0 heterocycles. The van der Waals surface area contributed by atoms with Crippen LogP contribution in [0.15, 0.2) is 12.1 Å². The van der Waals surface area contributed by atoms with E-state index in [2.05, 4.69) is 86.1 Å². The van der Waals surface area contributed by atoms with Crippen molar-refractivity contribution < 1.29 is 9.90 Å². The number of rotatable bonds is 3. The van der Waals surface area contributed by atoms with Crippen molar-refractivity contribution in [3.63, 3.8) is 0 Å². The molecule has 2 N–H and O–H groups in total. The van der Waals surface area contributed by atoms with Gasteiger partial charge in [0, 0.05) is 17.3 Å². The van der Waals surface area contributed by atoms with Crippen LogP contribution in [0.2, 0.25) is 0 Å². The molecule has 6 heteroatoms. The molecule has 2 atom stereocenters. The molecule has 0 aromatic heterocycles. The third kappa shape index (κ3) is 4.90. The summed E-state index contributed by atoms with van der Waals surface area (Å²) in [6.45, 7) is 2.51. The van der Waals surface area contributed by atoms with Gasteiger partial charge in [-0.3, -0.25) is 4.79 Å². The van der Waals surface area contributed by atoms with E-state index in [9.17, 15) is 9.90 Å². The highest BCUT2D eigenvalue weighted by molar-refractivity contribution is 14.1. The van der Waals surface area contributed by atoms with Crippen LogP contribution >= 0.6 is 67.8 Å². The first kappa shape index (κ1) is 18.2. The summed E-state index contributed by atoms with van der Waals surface area (Å²) >= 11 is 6.67. The SMILES string of the molecule is CC1CCCC(O)(CNC(=O)c2cc(I)cc(I)c2I)C1. The number of amides is 1. The zero-order chi connectivity index (χ0) is 15.6. The Morgan fingerprint density at radius 2 is 2.14 bits per heavy atom. The summed E-state index contributed by atoms with van der Waals surface area (Å²) in [7, 11) is 0. The van der Waals surface area contributed by atoms with Gasteiger partial charge in [-0.15, -0.1) is 0 Å². The molecule has 1 aliphatic rings. The summed E-state index contributed by atoms with van der Waals surface area (Å²) in [5.41, 5.74) is -0.0484. The minimum Gasteiger partial charge on any atom is -0.388 e. The van der Waals surface area contributed by atoms with Gasteiger partial charge in [-0.25, -0.2) is 0 Å². The standard InChI is InChI=1S/C15H18I3NO2/c1-9-3-2-4-15(21,7-9)8-19-14(20)11-5-10(16)6-12(17)13(11)18/h5-6,9,21H,2-4,7-8H2,1H3,(H,19,20). The Hall–Kier alpha value is 0.840. The lowest BCUT2D eigenvalue weighted by Crippen LogP contribution is -2.45. The predicted octanol–water partition coefficient (Wildman–Crippen LogP) is 4.17. The molecule has 2 unspecified atom stereocenters. The van der Waals surface area contributed by atoms with Crippen LogP contribution in [-0.4, -0.2) is 23.2 Å². The van der Waals surface area contributed by atoms with Crippen molar-refractivity contribution >= 4 is 73.7 Å². The minimum atomic E-state index is -0.742. The second kappa shape index (κ2) is 7.61. The molecule has 0 spiro atoms. The molecule has 1 amide bonds. The summed E-state index contributed by atoms with van der Waals surface area (Å²) in [4.78, 5) is 12.4. The van der Waals surface area contributed by atoms with Crippen molar-refractivity contribution in [2.45, 2.75) is 38.2 Å². The maximum absolute atomic E-state index is 12.4. The Morgan fingerprint density at radius 3 is 2.81 bits per heavy atom. The summed E-state index contributed by atoms with van der Waals surface area (Å²) in [5.74, 6) is 0.432. The maximum Gasteiger partial charge on any atom is 0.252 e. The first-order valence-electron chi connectivity index (χ1n) is 6.96. The van der Waals surface area contributed by atoms with Crippen molar-refractivity contribution in [1.29, 1.82) is 0 Å². The molecule has 1 saturated carbocycles. The fourth-order valence-electron chi connectivity index (χ4n) is 2.85. The Morgan fingerprint density at radius 1 is 1.43 bits per heavy atom. The average molecular weight is 625 g/mol. The van der Waals surface area contributed by atoms with E-state index in [1.807, 2.05) is 6.07 Å². The number of carbonyl (C=O) groups is 1. The van der Waals surface area contributed by atoms with Crippen LogP contribution in [0.1, 0.15) is 43.0 Å². The van der Waals surface area contributed by atoms with Gasteiger partial charge >= 0.3 is 0 Å². The van der Waals surface area contributed by atoms with E-state index >= 15 is 0 Å². The molecule has 0 bridgehead atoms. The van der Waals surface area contributed by atoms with Crippen molar-refractivity contribution in [3.8, 4) is 0 Å². The minimum absolute atomic E-state index is 0.0949. The smallest absolute Gasteiger partial charge is 0.252 e. The number of halogens is 3. The van der Waals surface area contributed by atoms with E-state index < -0.39 is 5.60 Å². The van der Waals surface area contributed by atoms with Crippen LogP contribution in [0.5, 0.6) is 0 Å². The van der Waals surface area contributed by atoms with Gasteiger partial charge in [0.25, 0.3) is 5.91 Å². The van der Waals surface area contributed by atoms with Gasteiger partial charge in [-0.05, 0) is 98.7 Å². The molecule has 1 aromatic rings. The molecule has 0 radical (unpaired) electrons. The van der Waals surface area contributed by atoms with Crippen molar-refractivity contribution in [1.82, 2.24) is 5.32 Å². The molecule has 116 valence electrons. The van der Waals surface area contributed by atoms with E-state index in [1.54, 1.807) is 0 Å². The average Bonchev–Trinajstić information content (AvgIpc) is 2.40. The maximum atomic E-state index is 12.4. The monoisotopic (exact) mass is 625 g/mol.